The van der Waals surface area contributed by atoms with Crippen molar-refractivity contribution >= 4 is 5.91 Å². The molecule has 1 atom stereocenters. The van der Waals surface area contributed by atoms with Crippen LogP contribution in [0.25, 0.3) is 0 Å². The topological polar surface area (TPSA) is 72.9 Å². The molecule has 1 heterocycles. The minimum Gasteiger partial charge on any atom is -0.368 e. The van der Waals surface area contributed by atoms with Gasteiger partial charge in [0.15, 0.2) is 0 Å². The molecule has 1 amide bonds. The fourth-order valence-corrected chi connectivity index (χ4v) is 1.72. The molecular formula is C11H20N4O. The maximum absolute atomic E-state index is 11.3. The molecule has 0 saturated carbocycles. The number of amides is 1. The molecule has 0 aliphatic heterocycles. The van der Waals surface area contributed by atoms with Gasteiger partial charge in [-0.1, -0.05) is 6.92 Å². The first-order valence-electron chi connectivity index (χ1n) is 5.59. The zero-order chi connectivity index (χ0) is 12.0. The van der Waals surface area contributed by atoms with E-state index in [1.54, 1.807) is 12.5 Å². The molecule has 5 heteroatoms. The van der Waals surface area contributed by atoms with Crippen LogP contribution in [-0.2, 0) is 11.3 Å². The van der Waals surface area contributed by atoms with Gasteiger partial charge >= 0.3 is 0 Å². The Hall–Kier alpha value is -1.36. The number of aromatic nitrogens is 2. The van der Waals surface area contributed by atoms with Crippen LogP contribution in [0.2, 0.25) is 0 Å². The highest BCUT2D eigenvalue weighted by Crippen LogP contribution is 2.12. The highest BCUT2D eigenvalue weighted by Gasteiger charge is 2.28. The molecule has 1 aromatic rings. The normalized spacial score (nSPS) is 14.6. The quantitative estimate of drug-likeness (QED) is 0.709. The van der Waals surface area contributed by atoms with Gasteiger partial charge in [-0.05, 0) is 26.3 Å². The van der Waals surface area contributed by atoms with Gasteiger partial charge in [0.1, 0.15) is 0 Å². The first-order valence-corrected chi connectivity index (χ1v) is 5.59. The van der Waals surface area contributed by atoms with Crippen molar-refractivity contribution in [2.24, 2.45) is 5.73 Å². The molecule has 0 radical (unpaired) electrons. The second-order valence-electron chi connectivity index (χ2n) is 4.13. The van der Waals surface area contributed by atoms with Crippen LogP contribution < -0.4 is 11.1 Å². The molecule has 0 saturated heterocycles. The van der Waals surface area contributed by atoms with E-state index in [0.29, 0.717) is 0 Å². The van der Waals surface area contributed by atoms with Crippen LogP contribution in [-0.4, -0.2) is 27.5 Å². The van der Waals surface area contributed by atoms with Gasteiger partial charge in [-0.25, -0.2) is 4.98 Å². The summed E-state index contributed by atoms with van der Waals surface area (Å²) in [5.41, 5.74) is 4.79. The van der Waals surface area contributed by atoms with Crippen molar-refractivity contribution in [3.63, 3.8) is 0 Å². The summed E-state index contributed by atoms with van der Waals surface area (Å²) in [5, 5.41) is 3.14. The lowest BCUT2D eigenvalue weighted by Crippen LogP contribution is -2.53. The lowest BCUT2D eigenvalue weighted by Gasteiger charge is -2.26. The van der Waals surface area contributed by atoms with Crippen LogP contribution in [0.1, 0.15) is 26.7 Å². The number of imidazole rings is 1. The molecule has 0 aromatic carbocycles. The van der Waals surface area contributed by atoms with E-state index >= 15 is 0 Å². The van der Waals surface area contributed by atoms with Gasteiger partial charge in [-0.3, -0.25) is 4.79 Å². The standard InChI is InChI=1S/C11H20N4O/c1-3-14-11(2,10(12)16)5-4-7-15-8-6-13-9-15/h6,8-9,14H,3-5,7H2,1-2H3,(H2,12,16). The Morgan fingerprint density at radius 1 is 1.62 bits per heavy atom. The van der Waals surface area contributed by atoms with Gasteiger partial charge < -0.3 is 15.6 Å². The highest BCUT2D eigenvalue weighted by molar-refractivity contribution is 5.84. The van der Waals surface area contributed by atoms with Crippen molar-refractivity contribution < 1.29 is 4.79 Å². The van der Waals surface area contributed by atoms with Gasteiger partial charge in [0.2, 0.25) is 5.91 Å². The average molecular weight is 224 g/mol. The fourth-order valence-electron chi connectivity index (χ4n) is 1.72. The number of nitrogens with two attached hydrogens (primary N) is 1. The van der Waals surface area contributed by atoms with Crippen molar-refractivity contribution in [3.05, 3.63) is 18.7 Å². The summed E-state index contributed by atoms with van der Waals surface area (Å²) < 4.78 is 1.99. The minimum atomic E-state index is -0.602. The number of hydrogen-bond acceptors (Lipinski definition) is 3. The number of carbonyl (C=O) groups is 1. The van der Waals surface area contributed by atoms with E-state index in [2.05, 4.69) is 10.3 Å². The highest BCUT2D eigenvalue weighted by atomic mass is 16.1. The Kier molecular flexibility index (Phi) is 4.49. The maximum atomic E-state index is 11.3. The maximum Gasteiger partial charge on any atom is 0.237 e. The number of nitrogens with one attached hydrogen (secondary N) is 1. The number of nitrogens with zero attached hydrogens (tertiary/aromatic N) is 2. The largest absolute Gasteiger partial charge is 0.368 e. The number of hydrogen-bond donors (Lipinski definition) is 2. The molecule has 90 valence electrons. The Morgan fingerprint density at radius 3 is 2.88 bits per heavy atom. The molecule has 5 nitrogen and oxygen atoms in total. The van der Waals surface area contributed by atoms with Gasteiger partial charge in [0.25, 0.3) is 0 Å². The fraction of sp³-hybridized carbons (Fsp3) is 0.636. The number of primary amides is 1. The summed E-state index contributed by atoms with van der Waals surface area (Å²) in [4.78, 5) is 15.3. The zero-order valence-corrected chi connectivity index (χ0v) is 9.94. The summed E-state index contributed by atoms with van der Waals surface area (Å²) in [6.45, 7) is 5.42. The molecule has 0 bridgehead atoms. The van der Waals surface area contributed by atoms with Crippen molar-refractivity contribution in [1.82, 2.24) is 14.9 Å². The van der Waals surface area contributed by atoms with Crippen molar-refractivity contribution in [1.29, 1.82) is 0 Å². The van der Waals surface area contributed by atoms with E-state index in [-0.39, 0.29) is 5.91 Å². The van der Waals surface area contributed by atoms with Crippen LogP contribution in [0.4, 0.5) is 0 Å². The van der Waals surface area contributed by atoms with Crippen molar-refractivity contribution in [2.75, 3.05) is 6.54 Å². The predicted octanol–water partition coefficient (Wildman–Crippen LogP) is 0.517. The number of aryl methyl sites for hydroxylation is 1. The molecule has 0 spiro atoms. The first-order chi connectivity index (χ1) is 7.58. The summed E-state index contributed by atoms with van der Waals surface area (Å²) in [7, 11) is 0. The van der Waals surface area contributed by atoms with Crippen LogP contribution in [0, 0.1) is 0 Å². The number of rotatable bonds is 7. The van der Waals surface area contributed by atoms with Crippen LogP contribution >= 0.6 is 0 Å². The lowest BCUT2D eigenvalue weighted by molar-refractivity contribution is -0.124. The van der Waals surface area contributed by atoms with Gasteiger partial charge in [-0.15, -0.1) is 0 Å². The smallest absolute Gasteiger partial charge is 0.237 e. The van der Waals surface area contributed by atoms with E-state index in [0.717, 1.165) is 25.9 Å². The number of carbonyl (C=O) groups excluding carboxylic acids is 1. The van der Waals surface area contributed by atoms with Crippen LogP contribution in [0.15, 0.2) is 18.7 Å². The van der Waals surface area contributed by atoms with E-state index < -0.39 is 5.54 Å². The van der Waals surface area contributed by atoms with Crippen molar-refractivity contribution in [3.8, 4) is 0 Å². The molecule has 1 rings (SSSR count). The minimum absolute atomic E-state index is 0.292. The predicted molar refractivity (Wildman–Crippen MR) is 62.7 cm³/mol. The van der Waals surface area contributed by atoms with E-state index in [4.69, 9.17) is 5.73 Å². The lowest BCUT2D eigenvalue weighted by atomic mass is 9.95. The molecule has 16 heavy (non-hydrogen) atoms. The van der Waals surface area contributed by atoms with Gasteiger partial charge in [0.05, 0.1) is 11.9 Å². The SMILES string of the molecule is CCNC(C)(CCCn1ccnc1)C(N)=O. The Bertz CT molecular complexity index is 323. The third-order valence-electron chi connectivity index (χ3n) is 2.76. The Labute approximate surface area is 96.0 Å². The molecule has 0 aliphatic carbocycles. The molecular weight excluding hydrogens is 204 g/mol. The monoisotopic (exact) mass is 224 g/mol. The van der Waals surface area contributed by atoms with Crippen LogP contribution in [0.3, 0.4) is 0 Å². The van der Waals surface area contributed by atoms with Gasteiger partial charge in [0, 0.05) is 18.9 Å². The molecule has 1 aromatic heterocycles. The van der Waals surface area contributed by atoms with E-state index in [9.17, 15) is 4.79 Å². The molecule has 0 aliphatic rings. The van der Waals surface area contributed by atoms with E-state index in [1.807, 2.05) is 24.6 Å². The van der Waals surface area contributed by atoms with Crippen molar-refractivity contribution in [2.45, 2.75) is 38.8 Å². The third kappa shape index (κ3) is 3.34. The summed E-state index contributed by atoms with van der Waals surface area (Å²) in [5.74, 6) is -0.292. The summed E-state index contributed by atoms with van der Waals surface area (Å²) >= 11 is 0. The summed E-state index contributed by atoms with van der Waals surface area (Å²) in [6, 6.07) is 0. The first kappa shape index (κ1) is 12.7. The average Bonchev–Trinajstić information content (AvgIpc) is 2.70. The third-order valence-corrected chi connectivity index (χ3v) is 2.76. The van der Waals surface area contributed by atoms with Gasteiger partial charge in [-0.2, -0.15) is 0 Å². The molecule has 1 unspecified atom stereocenters. The number of likely N-dealkylation sites (N-methyl/N-ethyl adjacent to an activating group) is 1. The summed E-state index contributed by atoms with van der Waals surface area (Å²) in [6.07, 6.45) is 7.05. The Morgan fingerprint density at radius 2 is 2.38 bits per heavy atom. The second kappa shape index (κ2) is 5.65. The van der Waals surface area contributed by atoms with Crippen LogP contribution in [0.5, 0.6) is 0 Å². The van der Waals surface area contributed by atoms with E-state index in [1.165, 1.54) is 0 Å². The second-order valence-corrected chi connectivity index (χ2v) is 4.13. The molecule has 0 fully saturated rings. The Balaban J connectivity index is 2.41. The molecule has 3 N–H and O–H groups in total. The zero-order valence-electron chi connectivity index (χ0n) is 9.94.